The Bertz CT molecular complexity index is 579. The molecule has 1 aromatic rings. The van der Waals surface area contributed by atoms with Gasteiger partial charge in [0.25, 0.3) is 17.5 Å². The quantitative estimate of drug-likeness (QED) is 0.338. The number of hydrogen-bond donors (Lipinski definition) is 0. The lowest BCUT2D eigenvalue weighted by molar-refractivity contribution is -0.385. The lowest BCUT2D eigenvalue weighted by Gasteiger charge is -2.10. The van der Waals surface area contributed by atoms with E-state index in [0.29, 0.717) is 6.61 Å². The summed E-state index contributed by atoms with van der Waals surface area (Å²) in [6, 6.07) is 4.05. The third-order valence-corrected chi connectivity index (χ3v) is 2.96. The van der Waals surface area contributed by atoms with Crippen LogP contribution in [0.4, 0.5) is 5.69 Å². The fraction of sp³-hybridized carbons (Fsp3) is 0.273. The van der Waals surface area contributed by atoms with Gasteiger partial charge in [-0.2, -0.15) is 0 Å². The van der Waals surface area contributed by atoms with E-state index in [1.807, 2.05) is 0 Å². The molecule has 1 saturated heterocycles. The minimum Gasteiger partial charge on any atom is -0.371 e. The predicted octanol–water partition coefficient (Wildman–Crippen LogP) is 0.590. The van der Waals surface area contributed by atoms with Crippen molar-refractivity contribution < 1.29 is 19.2 Å². The molecule has 0 bridgehead atoms. The van der Waals surface area contributed by atoms with E-state index in [9.17, 15) is 19.7 Å². The smallest absolute Gasteiger partial charge is 0.282 e. The third kappa shape index (κ3) is 1.48. The molecule has 0 N–H and O–H groups in total. The SMILES string of the molecule is O=C1c2cccc([N+](=O)[O-])c2C(=O)N1C[C@H]1CO1. The Kier molecular flexibility index (Phi) is 2.17. The van der Waals surface area contributed by atoms with E-state index >= 15 is 0 Å². The Morgan fingerprint density at radius 3 is 2.72 bits per heavy atom. The lowest BCUT2D eigenvalue weighted by Crippen LogP contribution is -2.33. The fourth-order valence-corrected chi connectivity index (χ4v) is 2.01. The average molecular weight is 248 g/mol. The Hall–Kier alpha value is -2.28. The average Bonchev–Trinajstić information content (AvgIpc) is 3.13. The van der Waals surface area contributed by atoms with Gasteiger partial charge in [-0.15, -0.1) is 0 Å². The summed E-state index contributed by atoms with van der Waals surface area (Å²) < 4.78 is 4.96. The number of ether oxygens (including phenoxy) is 1. The van der Waals surface area contributed by atoms with Crippen molar-refractivity contribution in [3.05, 3.63) is 39.4 Å². The van der Waals surface area contributed by atoms with Gasteiger partial charge in [-0.05, 0) is 6.07 Å². The van der Waals surface area contributed by atoms with Crippen LogP contribution in [-0.2, 0) is 4.74 Å². The van der Waals surface area contributed by atoms with E-state index in [0.717, 1.165) is 4.90 Å². The molecule has 0 radical (unpaired) electrons. The summed E-state index contributed by atoms with van der Waals surface area (Å²) in [6.07, 6.45) is -0.133. The summed E-state index contributed by atoms with van der Waals surface area (Å²) in [5.74, 6) is -1.10. The van der Waals surface area contributed by atoms with Crippen LogP contribution in [0.5, 0.6) is 0 Å². The Labute approximate surface area is 101 Å². The van der Waals surface area contributed by atoms with Crippen molar-refractivity contribution in [3.8, 4) is 0 Å². The molecule has 0 aliphatic carbocycles. The molecular weight excluding hydrogens is 240 g/mol. The highest BCUT2D eigenvalue weighted by Crippen LogP contribution is 2.31. The molecule has 2 aliphatic rings. The molecule has 2 amide bonds. The number of nitrogens with zero attached hydrogens (tertiary/aromatic N) is 2. The summed E-state index contributed by atoms with van der Waals surface area (Å²) in [6.45, 7) is 0.666. The van der Waals surface area contributed by atoms with E-state index in [1.165, 1.54) is 18.2 Å². The highest BCUT2D eigenvalue weighted by molar-refractivity contribution is 6.23. The van der Waals surface area contributed by atoms with Crippen LogP contribution in [0, 0.1) is 10.1 Å². The van der Waals surface area contributed by atoms with Crippen molar-refractivity contribution in [2.75, 3.05) is 13.2 Å². The summed E-state index contributed by atoms with van der Waals surface area (Å²) in [7, 11) is 0. The summed E-state index contributed by atoms with van der Waals surface area (Å²) >= 11 is 0. The van der Waals surface area contributed by atoms with Gasteiger partial charge in [-0.3, -0.25) is 24.6 Å². The van der Waals surface area contributed by atoms with Crippen molar-refractivity contribution in [1.29, 1.82) is 0 Å². The number of carbonyl (C=O) groups excluding carboxylic acids is 2. The highest BCUT2D eigenvalue weighted by atomic mass is 16.6. The first-order valence-corrected chi connectivity index (χ1v) is 5.35. The van der Waals surface area contributed by atoms with Crippen molar-refractivity contribution in [2.24, 2.45) is 0 Å². The van der Waals surface area contributed by atoms with Gasteiger partial charge in [0.15, 0.2) is 0 Å². The van der Waals surface area contributed by atoms with E-state index in [4.69, 9.17) is 4.74 Å². The largest absolute Gasteiger partial charge is 0.371 e. The minimum atomic E-state index is -0.652. The molecule has 7 heteroatoms. The molecule has 92 valence electrons. The molecular formula is C11H8N2O5. The molecule has 0 unspecified atom stereocenters. The molecule has 2 aliphatic heterocycles. The van der Waals surface area contributed by atoms with Crippen LogP contribution < -0.4 is 0 Å². The molecule has 7 nitrogen and oxygen atoms in total. The molecule has 3 rings (SSSR count). The van der Waals surface area contributed by atoms with Gasteiger partial charge < -0.3 is 4.74 Å². The van der Waals surface area contributed by atoms with Crippen molar-refractivity contribution in [2.45, 2.75) is 6.10 Å². The molecule has 1 atom stereocenters. The first-order valence-electron chi connectivity index (χ1n) is 5.35. The van der Waals surface area contributed by atoms with Crippen LogP contribution in [-0.4, -0.2) is 40.9 Å². The summed E-state index contributed by atoms with van der Waals surface area (Å²) in [5, 5.41) is 10.9. The van der Waals surface area contributed by atoms with Crippen LogP contribution in [0.3, 0.4) is 0 Å². The maximum absolute atomic E-state index is 12.0. The number of nitro benzene ring substituents is 1. The van der Waals surface area contributed by atoms with Gasteiger partial charge in [-0.25, -0.2) is 0 Å². The molecule has 2 heterocycles. The molecule has 1 aromatic carbocycles. The molecule has 18 heavy (non-hydrogen) atoms. The zero-order valence-electron chi connectivity index (χ0n) is 9.16. The maximum atomic E-state index is 12.0. The minimum absolute atomic E-state index is 0.0925. The zero-order valence-corrected chi connectivity index (χ0v) is 9.16. The number of hydrogen-bond acceptors (Lipinski definition) is 5. The van der Waals surface area contributed by atoms with Crippen LogP contribution >= 0.6 is 0 Å². The summed E-state index contributed by atoms with van der Waals surface area (Å²) in [5.41, 5.74) is -0.354. The van der Waals surface area contributed by atoms with E-state index < -0.39 is 16.7 Å². The van der Waals surface area contributed by atoms with E-state index in [2.05, 4.69) is 0 Å². The van der Waals surface area contributed by atoms with Gasteiger partial charge in [0.05, 0.1) is 29.7 Å². The monoisotopic (exact) mass is 248 g/mol. The van der Waals surface area contributed by atoms with Crippen LogP contribution in [0.2, 0.25) is 0 Å². The topological polar surface area (TPSA) is 93.0 Å². The number of fused-ring (bicyclic) bond motifs is 1. The molecule has 0 saturated carbocycles. The Morgan fingerprint density at radius 1 is 1.39 bits per heavy atom. The van der Waals surface area contributed by atoms with Gasteiger partial charge in [0.2, 0.25) is 0 Å². The highest BCUT2D eigenvalue weighted by Gasteiger charge is 2.43. The number of benzene rings is 1. The van der Waals surface area contributed by atoms with Crippen molar-refractivity contribution in [3.63, 3.8) is 0 Å². The number of imide groups is 1. The van der Waals surface area contributed by atoms with Gasteiger partial charge in [0.1, 0.15) is 5.56 Å². The van der Waals surface area contributed by atoms with Crippen LogP contribution in [0.25, 0.3) is 0 Å². The number of nitro groups is 1. The number of epoxide rings is 1. The second-order valence-corrected chi connectivity index (χ2v) is 4.13. The predicted molar refractivity (Wildman–Crippen MR) is 58.2 cm³/mol. The number of rotatable bonds is 3. The maximum Gasteiger partial charge on any atom is 0.282 e. The van der Waals surface area contributed by atoms with Crippen molar-refractivity contribution >= 4 is 17.5 Å². The standard InChI is InChI=1S/C11H8N2O5/c14-10-7-2-1-3-8(13(16)17)9(7)11(15)12(10)4-6-5-18-6/h1-3,6H,4-5H2/t6-/m0/s1. The molecule has 0 spiro atoms. The number of amides is 2. The number of carbonyl (C=O) groups is 2. The van der Waals surface area contributed by atoms with Crippen LogP contribution in [0.1, 0.15) is 20.7 Å². The molecule has 1 fully saturated rings. The van der Waals surface area contributed by atoms with E-state index in [-0.39, 0.29) is 29.5 Å². The Morgan fingerprint density at radius 2 is 2.11 bits per heavy atom. The second kappa shape index (κ2) is 3.61. The lowest BCUT2D eigenvalue weighted by atomic mass is 10.1. The van der Waals surface area contributed by atoms with Gasteiger partial charge >= 0.3 is 0 Å². The Balaban J connectivity index is 2.05. The molecule has 0 aromatic heterocycles. The second-order valence-electron chi connectivity index (χ2n) is 4.13. The normalized spacial score (nSPS) is 21.1. The zero-order chi connectivity index (χ0) is 12.9. The van der Waals surface area contributed by atoms with E-state index in [1.54, 1.807) is 0 Å². The first kappa shape index (κ1) is 10.8. The van der Waals surface area contributed by atoms with Crippen LogP contribution in [0.15, 0.2) is 18.2 Å². The fourth-order valence-electron chi connectivity index (χ4n) is 2.01. The third-order valence-electron chi connectivity index (χ3n) is 2.96. The van der Waals surface area contributed by atoms with Gasteiger partial charge in [-0.1, -0.05) is 6.07 Å². The summed E-state index contributed by atoms with van der Waals surface area (Å²) in [4.78, 5) is 35.2. The van der Waals surface area contributed by atoms with Gasteiger partial charge in [0, 0.05) is 6.07 Å². The van der Waals surface area contributed by atoms with Crippen molar-refractivity contribution in [1.82, 2.24) is 4.90 Å². The first-order chi connectivity index (χ1) is 8.59.